The van der Waals surface area contributed by atoms with Crippen molar-refractivity contribution in [3.8, 4) is 6.07 Å². The third-order valence-corrected chi connectivity index (χ3v) is 3.59. The molecular formula is C12H12BrFN2. The van der Waals surface area contributed by atoms with Gasteiger partial charge in [0, 0.05) is 11.0 Å². The van der Waals surface area contributed by atoms with Crippen LogP contribution in [0.15, 0.2) is 22.7 Å². The van der Waals surface area contributed by atoms with Gasteiger partial charge in [-0.05, 0) is 31.0 Å². The van der Waals surface area contributed by atoms with Gasteiger partial charge in [0.05, 0.1) is 17.2 Å². The highest BCUT2D eigenvalue weighted by molar-refractivity contribution is 9.10. The van der Waals surface area contributed by atoms with Crippen molar-refractivity contribution < 1.29 is 4.39 Å². The summed E-state index contributed by atoms with van der Waals surface area (Å²) in [6.07, 6.45) is 2.91. The molecule has 0 atom stereocenters. The van der Waals surface area contributed by atoms with Crippen LogP contribution in [0.2, 0.25) is 0 Å². The van der Waals surface area contributed by atoms with Crippen molar-refractivity contribution in [2.45, 2.75) is 19.3 Å². The van der Waals surface area contributed by atoms with Gasteiger partial charge in [-0.3, -0.25) is 0 Å². The standard InChI is InChI=1S/C12H12BrFN2/c13-9-2-3-10(14)11(6-9)16-8-12(7-15)4-1-5-12/h2-3,6,16H,1,4-5,8H2. The maximum absolute atomic E-state index is 13.4. The molecule has 0 radical (unpaired) electrons. The predicted molar refractivity (Wildman–Crippen MR) is 64.5 cm³/mol. The van der Waals surface area contributed by atoms with E-state index in [2.05, 4.69) is 27.3 Å². The van der Waals surface area contributed by atoms with Gasteiger partial charge in [0.2, 0.25) is 0 Å². The van der Waals surface area contributed by atoms with Gasteiger partial charge in [-0.25, -0.2) is 4.39 Å². The fourth-order valence-electron chi connectivity index (χ4n) is 1.83. The summed E-state index contributed by atoms with van der Waals surface area (Å²) in [6, 6.07) is 7.08. The molecule has 0 saturated heterocycles. The molecule has 4 heteroatoms. The predicted octanol–water partition coefficient (Wildman–Crippen LogP) is 3.69. The zero-order valence-electron chi connectivity index (χ0n) is 8.76. The molecule has 16 heavy (non-hydrogen) atoms. The Morgan fingerprint density at radius 3 is 2.81 bits per heavy atom. The topological polar surface area (TPSA) is 35.8 Å². The van der Waals surface area contributed by atoms with Crippen molar-refractivity contribution >= 4 is 21.6 Å². The van der Waals surface area contributed by atoms with Crippen molar-refractivity contribution in [3.05, 3.63) is 28.5 Å². The molecule has 0 spiro atoms. The van der Waals surface area contributed by atoms with E-state index in [1.807, 2.05) is 0 Å². The Bertz CT molecular complexity index is 435. The molecule has 84 valence electrons. The van der Waals surface area contributed by atoms with E-state index >= 15 is 0 Å². The third kappa shape index (κ3) is 2.19. The summed E-state index contributed by atoms with van der Waals surface area (Å²) in [6.45, 7) is 0.525. The molecule has 2 rings (SSSR count). The Morgan fingerprint density at radius 2 is 2.25 bits per heavy atom. The Labute approximate surface area is 103 Å². The molecule has 1 aliphatic carbocycles. The second-order valence-electron chi connectivity index (χ2n) is 4.22. The van der Waals surface area contributed by atoms with Crippen LogP contribution in [0.4, 0.5) is 10.1 Å². The normalized spacial score (nSPS) is 17.3. The average Bonchev–Trinajstić information content (AvgIpc) is 2.22. The number of benzene rings is 1. The maximum Gasteiger partial charge on any atom is 0.146 e. The molecule has 0 aliphatic heterocycles. The Hall–Kier alpha value is -1.08. The fraction of sp³-hybridized carbons (Fsp3) is 0.417. The van der Waals surface area contributed by atoms with E-state index in [1.165, 1.54) is 6.07 Å². The first-order valence-electron chi connectivity index (χ1n) is 5.25. The SMILES string of the molecule is N#CC1(CNc2cc(Br)ccc2F)CCC1. The lowest BCUT2D eigenvalue weighted by atomic mass is 9.70. The van der Waals surface area contributed by atoms with Crippen molar-refractivity contribution in [3.63, 3.8) is 0 Å². The number of rotatable bonds is 3. The zero-order valence-corrected chi connectivity index (χ0v) is 10.3. The van der Waals surface area contributed by atoms with E-state index < -0.39 is 0 Å². The number of hydrogen-bond acceptors (Lipinski definition) is 2. The molecule has 1 fully saturated rings. The first-order valence-corrected chi connectivity index (χ1v) is 6.05. The van der Waals surface area contributed by atoms with E-state index in [1.54, 1.807) is 12.1 Å². The van der Waals surface area contributed by atoms with Crippen molar-refractivity contribution in [2.75, 3.05) is 11.9 Å². The summed E-state index contributed by atoms with van der Waals surface area (Å²) in [5, 5.41) is 12.1. The van der Waals surface area contributed by atoms with E-state index in [9.17, 15) is 4.39 Å². The summed E-state index contributed by atoms with van der Waals surface area (Å²) in [5.41, 5.74) is 0.172. The van der Waals surface area contributed by atoms with Gasteiger partial charge in [0.1, 0.15) is 5.82 Å². The lowest BCUT2D eigenvalue weighted by molar-refractivity contribution is 0.233. The van der Waals surface area contributed by atoms with Crippen LogP contribution in [0.3, 0.4) is 0 Å². The first-order chi connectivity index (χ1) is 7.65. The second-order valence-corrected chi connectivity index (χ2v) is 5.14. The highest BCUT2D eigenvalue weighted by Gasteiger charge is 2.36. The summed E-state index contributed by atoms with van der Waals surface area (Å²) in [4.78, 5) is 0. The van der Waals surface area contributed by atoms with E-state index in [4.69, 9.17) is 5.26 Å². The minimum atomic E-state index is -0.283. The Kier molecular flexibility index (Phi) is 3.15. The van der Waals surface area contributed by atoms with Gasteiger partial charge in [-0.1, -0.05) is 22.4 Å². The lowest BCUT2D eigenvalue weighted by Crippen LogP contribution is -2.35. The van der Waals surface area contributed by atoms with E-state index in [0.29, 0.717) is 12.2 Å². The average molecular weight is 283 g/mol. The minimum Gasteiger partial charge on any atom is -0.381 e. The largest absolute Gasteiger partial charge is 0.381 e. The second kappa shape index (κ2) is 4.42. The molecule has 0 amide bonds. The lowest BCUT2D eigenvalue weighted by Gasteiger charge is -2.35. The van der Waals surface area contributed by atoms with Gasteiger partial charge >= 0.3 is 0 Å². The van der Waals surface area contributed by atoms with Crippen molar-refractivity contribution in [1.82, 2.24) is 0 Å². The quantitative estimate of drug-likeness (QED) is 0.918. The molecule has 0 unspecified atom stereocenters. The van der Waals surface area contributed by atoms with E-state index in [0.717, 1.165) is 23.7 Å². The molecular weight excluding hydrogens is 271 g/mol. The third-order valence-electron chi connectivity index (χ3n) is 3.09. The monoisotopic (exact) mass is 282 g/mol. The Morgan fingerprint density at radius 1 is 1.50 bits per heavy atom. The van der Waals surface area contributed by atoms with Crippen LogP contribution in [-0.2, 0) is 0 Å². The fourth-order valence-corrected chi connectivity index (χ4v) is 2.19. The van der Waals surface area contributed by atoms with Gasteiger partial charge < -0.3 is 5.32 Å². The van der Waals surface area contributed by atoms with Crippen LogP contribution in [0, 0.1) is 22.6 Å². The molecule has 1 aromatic rings. The van der Waals surface area contributed by atoms with Crippen LogP contribution < -0.4 is 5.32 Å². The van der Waals surface area contributed by atoms with Crippen LogP contribution in [-0.4, -0.2) is 6.54 Å². The number of halogens is 2. The summed E-state index contributed by atoms with van der Waals surface area (Å²) in [7, 11) is 0. The zero-order chi connectivity index (χ0) is 11.6. The molecule has 1 saturated carbocycles. The molecule has 0 heterocycles. The highest BCUT2D eigenvalue weighted by atomic mass is 79.9. The summed E-state index contributed by atoms with van der Waals surface area (Å²) < 4.78 is 14.2. The molecule has 1 N–H and O–H groups in total. The first kappa shape index (κ1) is 11.4. The van der Waals surface area contributed by atoms with Gasteiger partial charge in [-0.15, -0.1) is 0 Å². The Balaban J connectivity index is 2.05. The van der Waals surface area contributed by atoms with Gasteiger partial charge in [-0.2, -0.15) is 5.26 Å². The number of nitriles is 1. The number of hydrogen-bond donors (Lipinski definition) is 1. The minimum absolute atomic E-state index is 0.282. The van der Waals surface area contributed by atoms with Crippen LogP contribution in [0.25, 0.3) is 0 Å². The molecule has 0 bridgehead atoms. The van der Waals surface area contributed by atoms with Crippen LogP contribution in [0.5, 0.6) is 0 Å². The molecule has 1 aromatic carbocycles. The molecule has 0 aromatic heterocycles. The van der Waals surface area contributed by atoms with Crippen LogP contribution >= 0.6 is 15.9 Å². The molecule has 2 nitrogen and oxygen atoms in total. The van der Waals surface area contributed by atoms with Crippen molar-refractivity contribution in [2.24, 2.45) is 5.41 Å². The number of anilines is 1. The highest BCUT2D eigenvalue weighted by Crippen LogP contribution is 2.40. The van der Waals surface area contributed by atoms with Crippen LogP contribution in [0.1, 0.15) is 19.3 Å². The number of nitrogens with zero attached hydrogens (tertiary/aromatic N) is 1. The van der Waals surface area contributed by atoms with Gasteiger partial charge in [0.15, 0.2) is 0 Å². The van der Waals surface area contributed by atoms with E-state index in [-0.39, 0.29) is 11.2 Å². The summed E-state index contributed by atoms with van der Waals surface area (Å²) in [5.74, 6) is -0.282. The van der Waals surface area contributed by atoms with Gasteiger partial charge in [0.25, 0.3) is 0 Å². The number of nitrogens with one attached hydrogen (secondary N) is 1. The molecule has 1 aliphatic rings. The van der Waals surface area contributed by atoms with Crippen molar-refractivity contribution in [1.29, 1.82) is 5.26 Å². The maximum atomic E-state index is 13.4. The smallest absolute Gasteiger partial charge is 0.146 e. The summed E-state index contributed by atoms with van der Waals surface area (Å²) >= 11 is 3.29.